The van der Waals surface area contributed by atoms with Crippen LogP contribution in [-0.2, 0) is 9.53 Å². The summed E-state index contributed by atoms with van der Waals surface area (Å²) < 4.78 is 10.2. The molecule has 0 unspecified atom stereocenters. The van der Waals surface area contributed by atoms with Crippen LogP contribution >= 0.6 is 0 Å². The first-order valence-corrected chi connectivity index (χ1v) is 9.82. The van der Waals surface area contributed by atoms with E-state index < -0.39 is 24.4 Å². The van der Waals surface area contributed by atoms with Gasteiger partial charge < -0.3 is 19.8 Å². The van der Waals surface area contributed by atoms with Gasteiger partial charge in [0.05, 0.1) is 23.6 Å². The molecule has 3 aromatic rings. The average molecular weight is 420 g/mol. The molecule has 0 spiro atoms. The summed E-state index contributed by atoms with van der Waals surface area (Å²) in [7, 11) is 0. The first-order valence-electron chi connectivity index (χ1n) is 9.82. The van der Waals surface area contributed by atoms with Gasteiger partial charge in [0.25, 0.3) is 11.8 Å². The molecule has 2 aromatic carbocycles. The second-order valence-electron chi connectivity index (χ2n) is 7.19. The molecular formula is C24H24N2O5. The van der Waals surface area contributed by atoms with Crippen molar-refractivity contribution in [2.75, 3.05) is 11.9 Å². The lowest BCUT2D eigenvalue weighted by atomic mass is 10.0. The number of benzene rings is 2. The third-order valence-corrected chi connectivity index (χ3v) is 4.88. The predicted molar refractivity (Wildman–Crippen MR) is 116 cm³/mol. The van der Waals surface area contributed by atoms with Crippen molar-refractivity contribution in [3.05, 3.63) is 88.9 Å². The van der Waals surface area contributed by atoms with Crippen LogP contribution in [0, 0.1) is 13.8 Å². The minimum absolute atomic E-state index is 0.114. The fourth-order valence-electron chi connectivity index (χ4n) is 2.97. The van der Waals surface area contributed by atoms with Gasteiger partial charge in [-0.2, -0.15) is 0 Å². The van der Waals surface area contributed by atoms with E-state index in [-0.39, 0.29) is 23.1 Å². The smallest absolute Gasteiger partial charge is 0.340 e. The van der Waals surface area contributed by atoms with E-state index in [9.17, 15) is 14.4 Å². The molecule has 2 N–H and O–H groups in total. The molecule has 0 fully saturated rings. The lowest BCUT2D eigenvalue weighted by Crippen LogP contribution is -2.31. The second kappa shape index (κ2) is 9.75. The quantitative estimate of drug-likeness (QED) is 0.559. The molecule has 7 nitrogen and oxygen atoms in total. The maximum atomic E-state index is 12.5. The van der Waals surface area contributed by atoms with Crippen molar-refractivity contribution >= 4 is 23.5 Å². The number of furan rings is 1. The van der Waals surface area contributed by atoms with Gasteiger partial charge in [-0.15, -0.1) is 0 Å². The van der Waals surface area contributed by atoms with Crippen LogP contribution in [0.25, 0.3) is 0 Å². The number of ether oxygens (including phenoxy) is 1. The van der Waals surface area contributed by atoms with Gasteiger partial charge in [0.2, 0.25) is 0 Å². The van der Waals surface area contributed by atoms with Crippen LogP contribution in [0.1, 0.15) is 50.6 Å². The molecular weight excluding hydrogens is 396 g/mol. The monoisotopic (exact) mass is 420 g/mol. The van der Waals surface area contributed by atoms with Crippen LogP contribution in [0.4, 0.5) is 5.69 Å². The van der Waals surface area contributed by atoms with Crippen molar-refractivity contribution < 1.29 is 23.5 Å². The van der Waals surface area contributed by atoms with E-state index in [0.717, 1.165) is 11.1 Å². The van der Waals surface area contributed by atoms with Gasteiger partial charge in [0, 0.05) is 0 Å². The highest BCUT2D eigenvalue weighted by atomic mass is 16.5. The van der Waals surface area contributed by atoms with E-state index in [2.05, 4.69) is 10.6 Å². The van der Waals surface area contributed by atoms with E-state index in [0.29, 0.717) is 0 Å². The second-order valence-corrected chi connectivity index (χ2v) is 7.19. The number of amides is 2. The number of nitrogens with one attached hydrogen (secondary N) is 2. The summed E-state index contributed by atoms with van der Waals surface area (Å²) in [5.41, 5.74) is 3.68. The number of rotatable bonds is 7. The van der Waals surface area contributed by atoms with Crippen molar-refractivity contribution in [2.24, 2.45) is 0 Å². The van der Waals surface area contributed by atoms with E-state index >= 15 is 0 Å². The largest absolute Gasteiger partial charge is 0.459 e. The highest BCUT2D eigenvalue weighted by Gasteiger charge is 2.18. The summed E-state index contributed by atoms with van der Waals surface area (Å²) in [5.74, 6) is -1.52. The maximum absolute atomic E-state index is 12.5. The van der Waals surface area contributed by atoms with E-state index in [4.69, 9.17) is 9.15 Å². The number of hydrogen-bond donors (Lipinski definition) is 2. The first-order chi connectivity index (χ1) is 14.8. The molecule has 0 bridgehead atoms. The van der Waals surface area contributed by atoms with E-state index in [1.165, 1.54) is 24.0 Å². The van der Waals surface area contributed by atoms with Crippen LogP contribution < -0.4 is 10.6 Å². The van der Waals surface area contributed by atoms with Crippen LogP contribution in [-0.4, -0.2) is 24.4 Å². The van der Waals surface area contributed by atoms with Crippen LogP contribution in [0.5, 0.6) is 0 Å². The molecule has 0 aliphatic rings. The standard InChI is InChI=1S/C24H24N2O5/c1-15-10-11-18(13-16(15)2)17(3)25-22(27)14-31-24(29)19-7-4-5-8-20(19)26-23(28)21-9-6-12-30-21/h4-13,17H,14H2,1-3H3,(H,25,27)(H,26,28)/t17-/m1/s1. The lowest BCUT2D eigenvalue weighted by Gasteiger charge is -2.16. The summed E-state index contributed by atoms with van der Waals surface area (Å²) in [4.78, 5) is 37.0. The highest BCUT2D eigenvalue weighted by Crippen LogP contribution is 2.19. The Bertz CT molecular complexity index is 1090. The third-order valence-electron chi connectivity index (χ3n) is 4.88. The van der Waals surface area contributed by atoms with Gasteiger partial charge in [0.15, 0.2) is 12.4 Å². The summed E-state index contributed by atoms with van der Waals surface area (Å²) in [6, 6.07) is 15.2. The fraction of sp³-hybridized carbons (Fsp3) is 0.208. The Morgan fingerprint density at radius 2 is 1.77 bits per heavy atom. The summed E-state index contributed by atoms with van der Waals surface area (Å²) in [6.45, 7) is 5.46. The minimum atomic E-state index is -0.718. The number of anilines is 1. The van der Waals surface area contributed by atoms with E-state index in [1.807, 2.05) is 39.0 Å². The Hall–Kier alpha value is -3.87. The first kappa shape index (κ1) is 21.8. The number of aryl methyl sites for hydroxylation is 2. The normalized spacial score (nSPS) is 11.5. The van der Waals surface area contributed by atoms with Crippen molar-refractivity contribution in [1.29, 1.82) is 0 Å². The van der Waals surface area contributed by atoms with E-state index in [1.54, 1.807) is 24.3 Å². The molecule has 0 aliphatic carbocycles. The number of para-hydroxylation sites is 1. The van der Waals surface area contributed by atoms with Gasteiger partial charge in [-0.25, -0.2) is 4.79 Å². The summed E-state index contributed by atoms with van der Waals surface area (Å²) in [6.07, 6.45) is 1.38. The molecule has 31 heavy (non-hydrogen) atoms. The molecule has 1 aromatic heterocycles. The lowest BCUT2D eigenvalue weighted by molar-refractivity contribution is -0.124. The van der Waals surface area contributed by atoms with Crippen LogP contribution in [0.2, 0.25) is 0 Å². The van der Waals surface area contributed by atoms with Gasteiger partial charge in [-0.05, 0) is 61.7 Å². The third kappa shape index (κ3) is 5.60. The SMILES string of the molecule is Cc1ccc([C@@H](C)NC(=O)COC(=O)c2ccccc2NC(=O)c2ccco2)cc1C. The maximum Gasteiger partial charge on any atom is 0.340 e. The van der Waals surface area contributed by atoms with Gasteiger partial charge >= 0.3 is 5.97 Å². The summed E-state index contributed by atoms with van der Waals surface area (Å²) in [5, 5.41) is 5.43. The average Bonchev–Trinajstić information content (AvgIpc) is 3.29. The molecule has 0 aliphatic heterocycles. The number of esters is 1. The molecule has 1 atom stereocenters. The van der Waals surface area contributed by atoms with Gasteiger partial charge in [0.1, 0.15) is 0 Å². The van der Waals surface area contributed by atoms with Crippen molar-refractivity contribution in [3.8, 4) is 0 Å². The predicted octanol–water partition coefficient (Wildman–Crippen LogP) is 4.18. The molecule has 7 heteroatoms. The van der Waals surface area contributed by atoms with Crippen LogP contribution in [0.3, 0.4) is 0 Å². The Kier molecular flexibility index (Phi) is 6.87. The molecule has 0 radical (unpaired) electrons. The molecule has 160 valence electrons. The number of hydrogen-bond acceptors (Lipinski definition) is 5. The molecule has 2 amide bonds. The zero-order chi connectivity index (χ0) is 22.4. The molecule has 3 rings (SSSR count). The zero-order valence-corrected chi connectivity index (χ0v) is 17.6. The topological polar surface area (TPSA) is 97.6 Å². The Morgan fingerprint density at radius 3 is 2.48 bits per heavy atom. The van der Waals surface area contributed by atoms with Crippen molar-refractivity contribution in [3.63, 3.8) is 0 Å². The van der Waals surface area contributed by atoms with Gasteiger partial charge in [-0.3, -0.25) is 9.59 Å². The minimum Gasteiger partial charge on any atom is -0.459 e. The molecule has 1 heterocycles. The Labute approximate surface area is 180 Å². The Morgan fingerprint density at radius 1 is 1.00 bits per heavy atom. The molecule has 0 saturated heterocycles. The van der Waals surface area contributed by atoms with Crippen molar-refractivity contribution in [2.45, 2.75) is 26.8 Å². The van der Waals surface area contributed by atoms with Gasteiger partial charge in [-0.1, -0.05) is 30.3 Å². The number of carbonyl (C=O) groups excluding carboxylic acids is 3. The van der Waals surface area contributed by atoms with Crippen LogP contribution in [0.15, 0.2) is 65.3 Å². The molecule has 0 saturated carbocycles. The number of carbonyl (C=O) groups is 3. The Balaban J connectivity index is 1.58. The summed E-state index contributed by atoms with van der Waals surface area (Å²) >= 11 is 0. The fourth-order valence-corrected chi connectivity index (χ4v) is 2.97. The zero-order valence-electron chi connectivity index (χ0n) is 17.6. The highest BCUT2D eigenvalue weighted by molar-refractivity contribution is 6.06. The van der Waals surface area contributed by atoms with Crippen molar-refractivity contribution in [1.82, 2.24) is 5.32 Å².